The minimum atomic E-state index is -1.39. The highest BCUT2D eigenvalue weighted by atomic mass is 16.5. The molecule has 1 atom stereocenters. The van der Waals surface area contributed by atoms with Crippen LogP contribution in [0, 0.1) is 11.3 Å². The number of hydrogen-bond acceptors (Lipinski definition) is 8. The van der Waals surface area contributed by atoms with Gasteiger partial charge in [-0.3, -0.25) is 4.79 Å². The summed E-state index contributed by atoms with van der Waals surface area (Å²) in [7, 11) is 1.14. The minimum absolute atomic E-state index is 0.0638. The summed E-state index contributed by atoms with van der Waals surface area (Å²) in [5, 5.41) is 32.7. The minimum Gasteiger partial charge on any atom is -0.505 e. The van der Waals surface area contributed by atoms with Gasteiger partial charge in [-0.05, 0) is 30.3 Å². The van der Waals surface area contributed by atoms with E-state index in [1.165, 1.54) is 6.07 Å². The van der Waals surface area contributed by atoms with Crippen molar-refractivity contribution in [1.29, 1.82) is 5.26 Å². The number of aliphatic hydroxyl groups excluding tert-OH is 1. The average molecular weight is 421 g/mol. The zero-order valence-corrected chi connectivity index (χ0v) is 16.5. The van der Waals surface area contributed by atoms with Crippen LogP contribution in [0.2, 0.25) is 0 Å². The van der Waals surface area contributed by atoms with Crippen molar-refractivity contribution in [3.63, 3.8) is 0 Å². The molecule has 2 aromatic carbocycles. The SMILES string of the molecule is COC(=O)[C@@H](O)CCNC(=O)c1nc(C#N)c2cc(Oc3ccccc3)ccc2c1O. The Labute approximate surface area is 177 Å². The number of carbonyl (C=O) groups is 2. The fraction of sp³-hybridized carbons (Fsp3) is 0.182. The maximum atomic E-state index is 12.4. The van der Waals surface area contributed by atoms with E-state index in [1.54, 1.807) is 24.3 Å². The number of carbonyl (C=O) groups excluding carboxylic acids is 2. The van der Waals surface area contributed by atoms with Crippen LogP contribution in [-0.2, 0) is 9.53 Å². The van der Waals surface area contributed by atoms with Gasteiger partial charge in [-0.25, -0.2) is 9.78 Å². The molecule has 1 heterocycles. The lowest BCUT2D eigenvalue weighted by atomic mass is 10.1. The van der Waals surface area contributed by atoms with Crippen molar-refractivity contribution < 1.29 is 29.3 Å². The summed E-state index contributed by atoms with van der Waals surface area (Å²) in [5.74, 6) is -0.932. The molecule has 0 saturated heterocycles. The smallest absolute Gasteiger partial charge is 0.334 e. The van der Waals surface area contributed by atoms with Gasteiger partial charge < -0.3 is 25.0 Å². The Balaban J connectivity index is 1.84. The summed E-state index contributed by atoms with van der Waals surface area (Å²) in [6, 6.07) is 15.6. The monoisotopic (exact) mass is 421 g/mol. The number of hydrogen-bond donors (Lipinski definition) is 3. The third-order valence-corrected chi connectivity index (χ3v) is 4.43. The van der Waals surface area contributed by atoms with Crippen molar-refractivity contribution in [3.05, 3.63) is 59.9 Å². The normalized spacial score (nSPS) is 11.4. The first kappa shape index (κ1) is 21.5. The average Bonchev–Trinajstić information content (AvgIpc) is 2.79. The summed E-state index contributed by atoms with van der Waals surface area (Å²) < 4.78 is 10.1. The van der Waals surface area contributed by atoms with Gasteiger partial charge in [0.25, 0.3) is 5.91 Å². The molecule has 0 radical (unpaired) electrons. The molecule has 0 spiro atoms. The lowest BCUT2D eigenvalue weighted by molar-refractivity contribution is -0.150. The van der Waals surface area contributed by atoms with Gasteiger partial charge in [0.15, 0.2) is 17.5 Å². The number of aliphatic hydroxyl groups is 1. The standard InChI is InChI=1S/C22H19N3O6/c1-30-22(29)18(26)9-10-24-21(28)19-20(27)15-8-7-14(11-16(15)17(12-23)25-19)31-13-5-3-2-4-6-13/h2-8,11,18,26-27H,9-10H2,1H3,(H,24,28)/t18-/m0/s1. The first-order valence-corrected chi connectivity index (χ1v) is 9.28. The molecule has 158 valence electrons. The summed E-state index contributed by atoms with van der Waals surface area (Å²) in [4.78, 5) is 27.6. The first-order chi connectivity index (χ1) is 14.9. The fourth-order valence-electron chi connectivity index (χ4n) is 2.87. The number of aromatic hydroxyl groups is 1. The Morgan fingerprint density at radius 2 is 1.90 bits per heavy atom. The molecule has 1 aromatic heterocycles. The molecule has 3 rings (SSSR count). The first-order valence-electron chi connectivity index (χ1n) is 9.28. The quantitative estimate of drug-likeness (QED) is 0.493. The topological polar surface area (TPSA) is 142 Å². The van der Waals surface area contributed by atoms with Gasteiger partial charge in [0.2, 0.25) is 0 Å². The molecule has 9 heteroatoms. The summed E-state index contributed by atoms with van der Waals surface area (Å²) >= 11 is 0. The summed E-state index contributed by atoms with van der Waals surface area (Å²) in [6.07, 6.45) is -1.47. The van der Waals surface area contributed by atoms with Crippen LogP contribution in [0.3, 0.4) is 0 Å². The maximum absolute atomic E-state index is 12.4. The van der Waals surface area contributed by atoms with E-state index in [0.29, 0.717) is 16.9 Å². The number of fused-ring (bicyclic) bond motifs is 1. The van der Waals surface area contributed by atoms with Crippen LogP contribution < -0.4 is 10.1 Å². The molecular weight excluding hydrogens is 402 g/mol. The molecule has 0 unspecified atom stereocenters. The van der Waals surface area contributed by atoms with Crippen molar-refractivity contribution in [2.75, 3.05) is 13.7 Å². The molecule has 3 aromatic rings. The van der Waals surface area contributed by atoms with Crippen molar-refractivity contribution in [1.82, 2.24) is 10.3 Å². The molecule has 0 aliphatic carbocycles. The predicted octanol–water partition coefficient (Wildman–Crippen LogP) is 2.26. The fourth-order valence-corrected chi connectivity index (χ4v) is 2.87. The van der Waals surface area contributed by atoms with E-state index in [1.807, 2.05) is 24.3 Å². The predicted molar refractivity (Wildman–Crippen MR) is 110 cm³/mol. The zero-order valence-electron chi connectivity index (χ0n) is 16.5. The lowest BCUT2D eigenvalue weighted by Gasteiger charge is -2.12. The van der Waals surface area contributed by atoms with Crippen LogP contribution >= 0.6 is 0 Å². The molecular formula is C22H19N3O6. The lowest BCUT2D eigenvalue weighted by Crippen LogP contribution is -2.31. The van der Waals surface area contributed by atoms with Crippen LogP contribution in [0.1, 0.15) is 22.6 Å². The highest BCUT2D eigenvalue weighted by molar-refractivity contribution is 6.03. The van der Waals surface area contributed by atoms with E-state index in [9.17, 15) is 25.1 Å². The Morgan fingerprint density at radius 1 is 1.16 bits per heavy atom. The van der Waals surface area contributed by atoms with Gasteiger partial charge in [0.05, 0.1) is 7.11 Å². The van der Waals surface area contributed by atoms with Crippen molar-refractivity contribution in [3.8, 4) is 23.3 Å². The van der Waals surface area contributed by atoms with Gasteiger partial charge in [-0.2, -0.15) is 5.26 Å². The third-order valence-electron chi connectivity index (χ3n) is 4.43. The molecule has 0 saturated carbocycles. The second-order valence-corrected chi connectivity index (χ2v) is 6.48. The van der Waals surface area contributed by atoms with Crippen molar-refractivity contribution >= 4 is 22.6 Å². The van der Waals surface area contributed by atoms with E-state index < -0.39 is 23.7 Å². The Kier molecular flexibility index (Phi) is 6.64. The largest absolute Gasteiger partial charge is 0.505 e. The Bertz CT molecular complexity index is 1160. The van der Waals surface area contributed by atoms with E-state index >= 15 is 0 Å². The number of pyridine rings is 1. The Morgan fingerprint density at radius 3 is 2.58 bits per heavy atom. The molecule has 0 aliphatic rings. The van der Waals surface area contributed by atoms with Crippen LogP contribution in [-0.4, -0.2) is 46.8 Å². The molecule has 1 amide bonds. The van der Waals surface area contributed by atoms with E-state index in [4.69, 9.17) is 4.74 Å². The number of nitriles is 1. The number of esters is 1. The molecule has 31 heavy (non-hydrogen) atoms. The van der Waals surface area contributed by atoms with Crippen molar-refractivity contribution in [2.24, 2.45) is 0 Å². The second kappa shape index (κ2) is 9.56. The molecule has 9 nitrogen and oxygen atoms in total. The zero-order chi connectivity index (χ0) is 22.4. The number of nitrogens with zero attached hydrogens (tertiary/aromatic N) is 2. The van der Waals surface area contributed by atoms with Gasteiger partial charge >= 0.3 is 5.97 Å². The summed E-state index contributed by atoms with van der Waals surface area (Å²) in [5.41, 5.74) is -0.403. The maximum Gasteiger partial charge on any atom is 0.334 e. The highest BCUT2D eigenvalue weighted by Gasteiger charge is 2.21. The van der Waals surface area contributed by atoms with E-state index in [2.05, 4.69) is 15.0 Å². The van der Waals surface area contributed by atoms with Crippen LogP contribution in [0.5, 0.6) is 17.2 Å². The highest BCUT2D eigenvalue weighted by Crippen LogP contribution is 2.33. The number of benzene rings is 2. The van der Waals surface area contributed by atoms with Crippen molar-refractivity contribution in [2.45, 2.75) is 12.5 Å². The van der Waals surface area contributed by atoms with Crippen LogP contribution in [0.15, 0.2) is 48.5 Å². The number of aromatic nitrogens is 1. The number of para-hydroxylation sites is 1. The second-order valence-electron chi connectivity index (χ2n) is 6.48. The van der Waals surface area contributed by atoms with Gasteiger partial charge in [-0.15, -0.1) is 0 Å². The Hall–Kier alpha value is -4.16. The molecule has 0 aliphatic heterocycles. The van der Waals surface area contributed by atoms with E-state index in [-0.39, 0.29) is 29.7 Å². The number of methoxy groups -OCH3 is 1. The number of nitrogens with one attached hydrogen (secondary N) is 1. The number of amides is 1. The van der Waals surface area contributed by atoms with Gasteiger partial charge in [0, 0.05) is 23.7 Å². The molecule has 3 N–H and O–H groups in total. The molecule has 0 fully saturated rings. The van der Waals surface area contributed by atoms with Gasteiger partial charge in [0.1, 0.15) is 23.3 Å². The van der Waals surface area contributed by atoms with Crippen LogP contribution in [0.4, 0.5) is 0 Å². The summed E-state index contributed by atoms with van der Waals surface area (Å²) in [6.45, 7) is -0.0694. The van der Waals surface area contributed by atoms with E-state index in [0.717, 1.165) is 7.11 Å². The molecule has 0 bridgehead atoms. The van der Waals surface area contributed by atoms with Crippen LogP contribution in [0.25, 0.3) is 10.8 Å². The third kappa shape index (κ3) is 4.88. The number of rotatable bonds is 7. The number of ether oxygens (including phenoxy) is 2. The van der Waals surface area contributed by atoms with Gasteiger partial charge in [-0.1, -0.05) is 18.2 Å².